The predicted molar refractivity (Wildman–Crippen MR) is 79.1 cm³/mol. The van der Waals surface area contributed by atoms with Crippen LogP contribution in [0.3, 0.4) is 0 Å². The smallest absolute Gasteiger partial charge is 0.240 e. The molecule has 2 aliphatic heterocycles. The van der Waals surface area contributed by atoms with Gasteiger partial charge in [-0.15, -0.1) is 0 Å². The minimum Gasteiger partial charge on any atom is -0.383 e. The van der Waals surface area contributed by atoms with E-state index in [-0.39, 0.29) is 5.41 Å². The van der Waals surface area contributed by atoms with Gasteiger partial charge in [0, 0.05) is 26.7 Å². The molecule has 1 unspecified atom stereocenters. The van der Waals surface area contributed by atoms with E-state index in [1.807, 2.05) is 11.8 Å². The van der Waals surface area contributed by atoms with Crippen molar-refractivity contribution in [3.05, 3.63) is 11.7 Å². The number of amides is 1. The number of hydrogen-bond acceptors (Lipinski definition) is 6. The zero-order valence-electron chi connectivity index (χ0n) is 13.4. The van der Waals surface area contributed by atoms with Crippen molar-refractivity contribution in [1.29, 1.82) is 0 Å². The van der Waals surface area contributed by atoms with E-state index in [1.54, 1.807) is 7.11 Å². The van der Waals surface area contributed by atoms with Gasteiger partial charge in [0.15, 0.2) is 5.82 Å². The third-order valence-corrected chi connectivity index (χ3v) is 4.75. The van der Waals surface area contributed by atoms with Crippen molar-refractivity contribution in [1.82, 2.24) is 19.9 Å². The molecule has 22 heavy (non-hydrogen) atoms. The molecular weight excluding hydrogens is 284 g/mol. The summed E-state index contributed by atoms with van der Waals surface area (Å²) in [4.78, 5) is 21.3. The van der Waals surface area contributed by atoms with Crippen molar-refractivity contribution in [2.75, 3.05) is 39.9 Å². The Morgan fingerprint density at radius 2 is 2.23 bits per heavy atom. The van der Waals surface area contributed by atoms with E-state index in [4.69, 9.17) is 9.26 Å². The lowest BCUT2D eigenvalue weighted by molar-refractivity contribution is -0.146. The average molecular weight is 308 g/mol. The molecular formula is C15H24N4O3. The summed E-state index contributed by atoms with van der Waals surface area (Å²) in [5, 5.41) is 3.82. The van der Waals surface area contributed by atoms with Crippen LogP contribution >= 0.6 is 0 Å². The van der Waals surface area contributed by atoms with Crippen LogP contribution < -0.4 is 0 Å². The summed E-state index contributed by atoms with van der Waals surface area (Å²) in [7, 11) is 1.67. The van der Waals surface area contributed by atoms with Gasteiger partial charge in [0.25, 0.3) is 0 Å². The molecule has 1 aromatic rings. The van der Waals surface area contributed by atoms with Crippen LogP contribution in [0, 0.1) is 12.3 Å². The van der Waals surface area contributed by atoms with Gasteiger partial charge in [0.05, 0.1) is 18.6 Å². The molecule has 2 saturated heterocycles. The largest absolute Gasteiger partial charge is 0.383 e. The highest BCUT2D eigenvalue weighted by Crippen LogP contribution is 2.40. The standard InChI is InChI=1S/C15H24N4O3/c1-12-16-13(22-17-12)10-18-7-5-15(11-18)4-3-6-19(14(15)20)8-9-21-2/h3-11H2,1-2H3. The van der Waals surface area contributed by atoms with E-state index in [1.165, 1.54) is 0 Å². The van der Waals surface area contributed by atoms with Crippen LogP contribution in [-0.4, -0.2) is 65.7 Å². The average Bonchev–Trinajstić information content (AvgIpc) is 3.09. The Kier molecular flexibility index (Phi) is 4.44. The van der Waals surface area contributed by atoms with Crippen LogP contribution in [-0.2, 0) is 16.1 Å². The second kappa shape index (κ2) is 6.34. The Bertz CT molecular complexity index is 533. The molecule has 0 aliphatic carbocycles. The van der Waals surface area contributed by atoms with Crippen LogP contribution in [0.5, 0.6) is 0 Å². The van der Waals surface area contributed by atoms with Gasteiger partial charge in [-0.3, -0.25) is 9.69 Å². The fourth-order valence-electron chi connectivity index (χ4n) is 3.63. The Morgan fingerprint density at radius 3 is 2.95 bits per heavy atom. The molecule has 1 amide bonds. The topological polar surface area (TPSA) is 71.7 Å². The molecule has 1 aromatic heterocycles. The molecule has 0 saturated carbocycles. The molecule has 0 radical (unpaired) electrons. The number of ether oxygens (including phenoxy) is 1. The van der Waals surface area contributed by atoms with Crippen LogP contribution in [0.4, 0.5) is 0 Å². The summed E-state index contributed by atoms with van der Waals surface area (Å²) in [5.41, 5.74) is -0.221. The molecule has 2 aliphatic rings. The van der Waals surface area contributed by atoms with Gasteiger partial charge in [0.2, 0.25) is 11.8 Å². The molecule has 7 heteroatoms. The first-order chi connectivity index (χ1) is 10.6. The highest BCUT2D eigenvalue weighted by atomic mass is 16.5. The lowest BCUT2D eigenvalue weighted by Gasteiger charge is -2.39. The lowest BCUT2D eigenvalue weighted by Crippen LogP contribution is -2.50. The minimum atomic E-state index is -0.221. The van der Waals surface area contributed by atoms with Gasteiger partial charge in [-0.25, -0.2) is 0 Å². The second-order valence-corrected chi connectivity index (χ2v) is 6.36. The lowest BCUT2D eigenvalue weighted by atomic mass is 9.78. The van der Waals surface area contributed by atoms with Gasteiger partial charge in [-0.1, -0.05) is 5.16 Å². The normalized spacial score (nSPS) is 26.3. The summed E-state index contributed by atoms with van der Waals surface area (Å²) >= 11 is 0. The highest BCUT2D eigenvalue weighted by Gasteiger charge is 2.48. The minimum absolute atomic E-state index is 0.221. The van der Waals surface area contributed by atoms with Crippen LogP contribution in [0.25, 0.3) is 0 Å². The monoisotopic (exact) mass is 308 g/mol. The number of nitrogens with zero attached hydrogens (tertiary/aromatic N) is 4. The zero-order valence-corrected chi connectivity index (χ0v) is 13.4. The van der Waals surface area contributed by atoms with Crippen molar-refractivity contribution in [3.8, 4) is 0 Å². The maximum absolute atomic E-state index is 12.8. The van der Waals surface area contributed by atoms with E-state index < -0.39 is 0 Å². The summed E-state index contributed by atoms with van der Waals surface area (Å²) in [6.45, 7) is 6.30. The number of likely N-dealkylation sites (tertiary alicyclic amines) is 2. The van der Waals surface area contributed by atoms with E-state index in [9.17, 15) is 4.79 Å². The molecule has 3 heterocycles. The Balaban J connectivity index is 1.63. The fourth-order valence-corrected chi connectivity index (χ4v) is 3.63. The summed E-state index contributed by atoms with van der Waals surface area (Å²) in [6.07, 6.45) is 2.97. The number of aromatic nitrogens is 2. The van der Waals surface area contributed by atoms with Crippen LogP contribution in [0.1, 0.15) is 31.0 Å². The van der Waals surface area contributed by atoms with Crippen molar-refractivity contribution in [3.63, 3.8) is 0 Å². The van der Waals surface area contributed by atoms with Gasteiger partial charge in [-0.2, -0.15) is 4.98 Å². The number of carbonyl (C=O) groups is 1. The van der Waals surface area contributed by atoms with Crippen LogP contribution in [0.2, 0.25) is 0 Å². The first kappa shape index (κ1) is 15.4. The van der Waals surface area contributed by atoms with E-state index >= 15 is 0 Å². The molecule has 0 aromatic carbocycles. The Morgan fingerprint density at radius 1 is 1.36 bits per heavy atom. The first-order valence-corrected chi connectivity index (χ1v) is 7.93. The van der Waals surface area contributed by atoms with Crippen molar-refractivity contribution >= 4 is 5.91 Å². The number of hydrogen-bond donors (Lipinski definition) is 0. The number of aryl methyl sites for hydroxylation is 1. The summed E-state index contributed by atoms with van der Waals surface area (Å²) < 4.78 is 10.3. The maximum Gasteiger partial charge on any atom is 0.240 e. The molecule has 2 fully saturated rings. The summed E-state index contributed by atoms with van der Waals surface area (Å²) in [5.74, 6) is 1.58. The predicted octanol–water partition coefficient (Wildman–Crippen LogP) is 0.839. The quantitative estimate of drug-likeness (QED) is 0.802. The number of piperidine rings is 1. The van der Waals surface area contributed by atoms with E-state index in [2.05, 4.69) is 15.0 Å². The number of rotatable bonds is 5. The SMILES string of the molecule is COCCN1CCCC2(CCN(Cc3nc(C)no3)C2)C1=O. The zero-order chi connectivity index (χ0) is 15.6. The third-order valence-electron chi connectivity index (χ3n) is 4.75. The van der Waals surface area contributed by atoms with E-state index in [0.717, 1.165) is 38.9 Å². The maximum atomic E-state index is 12.8. The third kappa shape index (κ3) is 3.01. The van der Waals surface area contributed by atoms with Crippen molar-refractivity contribution in [2.45, 2.75) is 32.7 Å². The van der Waals surface area contributed by atoms with Crippen molar-refractivity contribution < 1.29 is 14.1 Å². The Labute approximate surface area is 130 Å². The van der Waals surface area contributed by atoms with Gasteiger partial charge in [0.1, 0.15) is 0 Å². The molecule has 0 bridgehead atoms. The second-order valence-electron chi connectivity index (χ2n) is 6.36. The van der Waals surface area contributed by atoms with E-state index in [0.29, 0.717) is 37.3 Å². The number of methoxy groups -OCH3 is 1. The Hall–Kier alpha value is -1.47. The summed E-state index contributed by atoms with van der Waals surface area (Å²) in [6, 6.07) is 0. The first-order valence-electron chi connectivity index (χ1n) is 7.93. The van der Waals surface area contributed by atoms with Gasteiger partial charge < -0.3 is 14.2 Å². The van der Waals surface area contributed by atoms with Gasteiger partial charge >= 0.3 is 0 Å². The fraction of sp³-hybridized carbons (Fsp3) is 0.800. The number of carbonyl (C=O) groups excluding carboxylic acids is 1. The van der Waals surface area contributed by atoms with Crippen LogP contribution in [0.15, 0.2) is 4.52 Å². The van der Waals surface area contributed by atoms with Gasteiger partial charge in [-0.05, 0) is 32.7 Å². The molecule has 1 spiro atoms. The molecule has 122 valence electrons. The molecule has 0 N–H and O–H groups in total. The molecule has 3 rings (SSSR count). The van der Waals surface area contributed by atoms with Crippen molar-refractivity contribution in [2.24, 2.45) is 5.41 Å². The molecule has 7 nitrogen and oxygen atoms in total. The molecule has 1 atom stereocenters. The highest BCUT2D eigenvalue weighted by molar-refractivity contribution is 5.84.